The number of carboxylic acids is 1. The lowest BCUT2D eigenvalue weighted by Crippen LogP contribution is -2.33. The number of hydrogen-bond acceptors (Lipinski definition) is 5. The number of H-pyrrole nitrogens is 1. The molecule has 0 aromatic carbocycles. The highest BCUT2D eigenvalue weighted by atomic mass is 32.2. The van der Waals surface area contributed by atoms with Crippen LogP contribution in [0.4, 0.5) is 0 Å². The van der Waals surface area contributed by atoms with Gasteiger partial charge in [-0.1, -0.05) is 26.2 Å². The number of amides is 1. The molecule has 0 radical (unpaired) electrons. The third-order valence-electron chi connectivity index (χ3n) is 3.41. The van der Waals surface area contributed by atoms with E-state index in [1.54, 1.807) is 4.52 Å². The molecular formula is C15H20N4O4S. The molecule has 0 unspecified atom stereocenters. The fourth-order valence-electron chi connectivity index (χ4n) is 2.24. The van der Waals surface area contributed by atoms with Crippen molar-refractivity contribution in [3.63, 3.8) is 0 Å². The summed E-state index contributed by atoms with van der Waals surface area (Å²) in [6.45, 7) is 1.59. The van der Waals surface area contributed by atoms with E-state index in [1.165, 1.54) is 30.6 Å². The standard InChI is InChI=1S/C15H20N4O4S/c1-2-3-4-5-6-24-11-7-10(20)13(14-17-9-18-19(11)14)15(23)16-8-12(21)22/h7,9H,2-6,8H2,1H3,(H,16,23)(H,17,18)(H,21,22). The summed E-state index contributed by atoms with van der Waals surface area (Å²) in [4.78, 5) is 39.0. The maximum absolute atomic E-state index is 12.3. The van der Waals surface area contributed by atoms with Crippen LogP contribution < -0.4 is 10.7 Å². The zero-order valence-corrected chi connectivity index (χ0v) is 14.2. The van der Waals surface area contributed by atoms with Gasteiger partial charge >= 0.3 is 5.97 Å². The Kier molecular flexibility index (Phi) is 6.42. The lowest BCUT2D eigenvalue weighted by molar-refractivity contribution is -0.135. The molecule has 8 nitrogen and oxygen atoms in total. The van der Waals surface area contributed by atoms with E-state index < -0.39 is 23.9 Å². The first-order valence-corrected chi connectivity index (χ1v) is 8.75. The van der Waals surface area contributed by atoms with E-state index in [2.05, 4.69) is 22.3 Å². The van der Waals surface area contributed by atoms with Crippen molar-refractivity contribution in [3.05, 3.63) is 28.2 Å². The second-order valence-corrected chi connectivity index (χ2v) is 6.37. The monoisotopic (exact) mass is 352 g/mol. The molecule has 2 rings (SSSR count). The Labute approximate surface area is 142 Å². The molecule has 0 bridgehead atoms. The highest BCUT2D eigenvalue weighted by Crippen LogP contribution is 2.20. The normalized spacial score (nSPS) is 10.9. The van der Waals surface area contributed by atoms with Gasteiger partial charge in [0.15, 0.2) is 11.1 Å². The third kappa shape index (κ3) is 4.38. The van der Waals surface area contributed by atoms with Gasteiger partial charge in [-0.3, -0.25) is 19.5 Å². The van der Waals surface area contributed by atoms with Crippen molar-refractivity contribution < 1.29 is 14.7 Å². The van der Waals surface area contributed by atoms with Crippen LogP contribution in [0.15, 0.2) is 22.2 Å². The fourth-order valence-corrected chi connectivity index (χ4v) is 3.26. The van der Waals surface area contributed by atoms with Gasteiger partial charge in [-0.05, 0) is 12.2 Å². The summed E-state index contributed by atoms with van der Waals surface area (Å²) >= 11 is 1.52. The number of nitrogens with one attached hydrogen (secondary N) is 2. The number of nitrogens with zero attached hydrogens (tertiary/aromatic N) is 2. The van der Waals surface area contributed by atoms with Crippen molar-refractivity contribution in [1.29, 1.82) is 0 Å². The van der Waals surface area contributed by atoms with Gasteiger partial charge in [0.05, 0.1) is 0 Å². The highest BCUT2D eigenvalue weighted by Gasteiger charge is 2.19. The number of unbranched alkanes of at least 4 members (excludes halogenated alkanes) is 3. The van der Waals surface area contributed by atoms with E-state index in [4.69, 9.17) is 5.11 Å². The molecule has 3 N–H and O–H groups in total. The van der Waals surface area contributed by atoms with Crippen LogP contribution in [0.2, 0.25) is 0 Å². The van der Waals surface area contributed by atoms with Gasteiger partial charge in [-0.2, -0.15) is 0 Å². The minimum absolute atomic E-state index is 0.159. The molecule has 0 saturated heterocycles. The number of carboxylic acid groups (broad SMARTS) is 1. The Morgan fingerprint density at radius 2 is 2.17 bits per heavy atom. The predicted octanol–water partition coefficient (Wildman–Crippen LogP) is 1.51. The predicted molar refractivity (Wildman–Crippen MR) is 90.6 cm³/mol. The first kappa shape index (κ1) is 18.1. The van der Waals surface area contributed by atoms with Gasteiger partial charge in [0.2, 0.25) is 0 Å². The van der Waals surface area contributed by atoms with Gasteiger partial charge in [-0.15, -0.1) is 11.8 Å². The Morgan fingerprint density at radius 3 is 2.88 bits per heavy atom. The number of rotatable bonds is 9. The van der Waals surface area contributed by atoms with Gasteiger partial charge < -0.3 is 10.4 Å². The number of hydrogen-bond donors (Lipinski definition) is 3. The molecule has 2 heterocycles. The van der Waals surface area contributed by atoms with Gasteiger partial charge in [0.25, 0.3) is 5.91 Å². The van der Waals surface area contributed by atoms with Crippen LogP contribution in [0.1, 0.15) is 43.0 Å². The lowest BCUT2D eigenvalue weighted by atomic mass is 10.2. The van der Waals surface area contributed by atoms with Crippen LogP contribution in [0.25, 0.3) is 5.65 Å². The van der Waals surface area contributed by atoms with Crippen LogP contribution in [0.5, 0.6) is 0 Å². The van der Waals surface area contributed by atoms with E-state index in [1.807, 2.05) is 0 Å². The molecule has 0 saturated carbocycles. The summed E-state index contributed by atoms with van der Waals surface area (Å²) in [5.41, 5.74) is -0.435. The van der Waals surface area contributed by atoms with Crippen LogP contribution in [0, 0.1) is 0 Å². The van der Waals surface area contributed by atoms with Crippen molar-refractivity contribution in [2.24, 2.45) is 0 Å². The molecule has 0 aliphatic carbocycles. The zero-order chi connectivity index (χ0) is 17.5. The Bertz CT molecular complexity index is 783. The highest BCUT2D eigenvalue weighted by molar-refractivity contribution is 7.99. The molecule has 130 valence electrons. The second kappa shape index (κ2) is 8.53. The molecule has 0 aliphatic heterocycles. The molecule has 0 atom stereocenters. The number of aromatic nitrogens is 3. The largest absolute Gasteiger partial charge is 0.480 e. The fraction of sp³-hybridized carbons (Fsp3) is 0.467. The Balaban J connectivity index is 2.20. The van der Waals surface area contributed by atoms with Crippen LogP contribution in [-0.4, -0.2) is 43.9 Å². The summed E-state index contributed by atoms with van der Waals surface area (Å²) in [5, 5.41) is 14.4. The van der Waals surface area contributed by atoms with E-state index in [-0.39, 0.29) is 11.2 Å². The third-order valence-corrected chi connectivity index (χ3v) is 4.49. The van der Waals surface area contributed by atoms with Gasteiger partial charge in [0.1, 0.15) is 23.5 Å². The van der Waals surface area contributed by atoms with Crippen molar-refractivity contribution in [2.45, 2.75) is 37.6 Å². The number of carbonyl (C=O) groups is 2. The summed E-state index contributed by atoms with van der Waals surface area (Å²) in [6.07, 6.45) is 5.92. The van der Waals surface area contributed by atoms with Crippen LogP contribution in [-0.2, 0) is 4.79 Å². The maximum Gasteiger partial charge on any atom is 0.322 e. The van der Waals surface area contributed by atoms with E-state index in [9.17, 15) is 14.4 Å². The molecule has 24 heavy (non-hydrogen) atoms. The topological polar surface area (TPSA) is 117 Å². The minimum Gasteiger partial charge on any atom is -0.480 e. The zero-order valence-electron chi connectivity index (χ0n) is 13.4. The van der Waals surface area contributed by atoms with Crippen molar-refractivity contribution in [3.8, 4) is 0 Å². The number of thioether (sulfide) groups is 1. The molecule has 0 fully saturated rings. The number of aliphatic carboxylic acids is 1. The SMILES string of the molecule is CCCCCCSc1cc(=O)c(C(=O)NCC(=O)O)c2nc[nH]n12. The number of fused-ring (bicyclic) bond motifs is 1. The second-order valence-electron chi connectivity index (χ2n) is 5.25. The van der Waals surface area contributed by atoms with Crippen molar-refractivity contribution in [1.82, 2.24) is 19.9 Å². The molecule has 2 aromatic heterocycles. The first-order chi connectivity index (χ1) is 11.5. The summed E-state index contributed by atoms with van der Waals surface area (Å²) in [7, 11) is 0. The van der Waals surface area contributed by atoms with Crippen LogP contribution in [0.3, 0.4) is 0 Å². The molecular weight excluding hydrogens is 332 g/mol. The van der Waals surface area contributed by atoms with Gasteiger partial charge in [-0.25, -0.2) is 9.50 Å². The quantitative estimate of drug-likeness (QED) is 0.465. The lowest BCUT2D eigenvalue weighted by Gasteiger charge is -2.08. The number of carbonyl (C=O) groups excluding carboxylic acids is 1. The molecule has 9 heteroatoms. The smallest absolute Gasteiger partial charge is 0.322 e. The number of aromatic amines is 1. The average molecular weight is 352 g/mol. The Hall–Kier alpha value is -2.29. The Morgan fingerprint density at radius 1 is 1.38 bits per heavy atom. The van der Waals surface area contributed by atoms with Crippen LogP contribution >= 0.6 is 11.8 Å². The van der Waals surface area contributed by atoms with Gasteiger partial charge in [0, 0.05) is 6.07 Å². The van der Waals surface area contributed by atoms with E-state index in [0.717, 1.165) is 25.0 Å². The molecule has 0 aliphatic rings. The van der Waals surface area contributed by atoms with E-state index in [0.29, 0.717) is 5.03 Å². The summed E-state index contributed by atoms with van der Waals surface area (Å²) in [6, 6.07) is 1.38. The first-order valence-electron chi connectivity index (χ1n) is 7.76. The van der Waals surface area contributed by atoms with Crippen molar-refractivity contribution >= 4 is 29.3 Å². The molecule has 0 spiro atoms. The minimum atomic E-state index is -1.18. The number of pyridine rings is 1. The average Bonchev–Trinajstić information content (AvgIpc) is 3.01. The summed E-state index contributed by atoms with van der Waals surface area (Å²) < 4.78 is 1.57. The molecule has 1 amide bonds. The maximum atomic E-state index is 12.3. The van der Waals surface area contributed by atoms with E-state index >= 15 is 0 Å². The summed E-state index contributed by atoms with van der Waals surface area (Å²) in [5.74, 6) is -1.06. The molecule has 2 aromatic rings. The van der Waals surface area contributed by atoms with Crippen molar-refractivity contribution in [2.75, 3.05) is 12.3 Å².